The van der Waals surface area contributed by atoms with Gasteiger partial charge in [0.1, 0.15) is 5.75 Å². The first kappa shape index (κ1) is 15.9. The maximum Gasteiger partial charge on any atom is 0.416 e. The predicted octanol–water partition coefficient (Wildman–Crippen LogP) is 3.29. The Kier molecular flexibility index (Phi) is 3.88. The minimum absolute atomic E-state index is 0.0943. The van der Waals surface area contributed by atoms with Crippen molar-refractivity contribution in [2.24, 2.45) is 0 Å². The molecule has 2 aromatic carbocycles. The fraction of sp³-hybridized carbons (Fsp3) is 0.125. The highest BCUT2D eigenvalue weighted by atomic mass is 19.4. The number of hydrogen-bond donors (Lipinski definition) is 2. The summed E-state index contributed by atoms with van der Waals surface area (Å²) in [6.07, 6.45) is -4.52. The number of amides is 2. The topological polar surface area (TPSA) is 67.4 Å². The molecule has 1 aliphatic rings. The molecule has 0 fully saturated rings. The third-order valence-corrected chi connectivity index (χ3v) is 3.32. The number of anilines is 2. The molecular formula is C16H11F3N2O3. The minimum Gasteiger partial charge on any atom is -0.482 e. The monoisotopic (exact) mass is 336 g/mol. The van der Waals surface area contributed by atoms with Gasteiger partial charge in [0.05, 0.1) is 11.3 Å². The Bertz CT molecular complexity index is 818. The maximum absolute atomic E-state index is 12.7. The van der Waals surface area contributed by atoms with Crippen molar-refractivity contribution in [1.29, 1.82) is 0 Å². The molecule has 0 bridgehead atoms. The van der Waals surface area contributed by atoms with Crippen molar-refractivity contribution >= 4 is 23.2 Å². The lowest BCUT2D eigenvalue weighted by atomic mass is 10.1. The van der Waals surface area contributed by atoms with E-state index in [4.69, 9.17) is 4.74 Å². The molecule has 2 N–H and O–H groups in total. The Morgan fingerprint density at radius 3 is 2.71 bits per heavy atom. The van der Waals surface area contributed by atoms with Gasteiger partial charge in [0.2, 0.25) is 0 Å². The van der Waals surface area contributed by atoms with Crippen molar-refractivity contribution in [3.05, 3.63) is 53.6 Å². The van der Waals surface area contributed by atoms with Gasteiger partial charge in [-0.25, -0.2) is 0 Å². The lowest BCUT2D eigenvalue weighted by molar-refractivity contribution is -0.137. The number of benzene rings is 2. The van der Waals surface area contributed by atoms with Crippen molar-refractivity contribution in [1.82, 2.24) is 0 Å². The predicted molar refractivity (Wildman–Crippen MR) is 80.0 cm³/mol. The molecule has 0 aromatic heterocycles. The summed E-state index contributed by atoms with van der Waals surface area (Å²) in [4.78, 5) is 23.4. The van der Waals surface area contributed by atoms with Crippen LogP contribution in [0.25, 0.3) is 0 Å². The number of halogens is 3. The van der Waals surface area contributed by atoms with E-state index in [1.54, 1.807) is 6.07 Å². The van der Waals surface area contributed by atoms with Crippen LogP contribution in [-0.2, 0) is 11.0 Å². The van der Waals surface area contributed by atoms with Crippen LogP contribution in [0, 0.1) is 0 Å². The van der Waals surface area contributed by atoms with Crippen LogP contribution in [0.1, 0.15) is 15.9 Å². The lowest BCUT2D eigenvalue weighted by Crippen LogP contribution is -2.25. The highest BCUT2D eigenvalue weighted by Gasteiger charge is 2.30. The molecule has 5 nitrogen and oxygen atoms in total. The van der Waals surface area contributed by atoms with Gasteiger partial charge in [-0.2, -0.15) is 13.2 Å². The molecule has 24 heavy (non-hydrogen) atoms. The fourth-order valence-electron chi connectivity index (χ4n) is 2.20. The quantitative estimate of drug-likeness (QED) is 0.884. The molecule has 0 radical (unpaired) electrons. The van der Waals surface area contributed by atoms with E-state index in [9.17, 15) is 22.8 Å². The SMILES string of the molecule is O=C1COc2ccc(NC(=O)c3cccc(C(F)(F)F)c3)cc2N1. The average Bonchev–Trinajstić information content (AvgIpc) is 2.54. The maximum atomic E-state index is 12.7. The average molecular weight is 336 g/mol. The van der Waals surface area contributed by atoms with Crippen LogP contribution in [0.3, 0.4) is 0 Å². The van der Waals surface area contributed by atoms with E-state index in [1.165, 1.54) is 24.3 Å². The second-order valence-electron chi connectivity index (χ2n) is 5.08. The van der Waals surface area contributed by atoms with E-state index >= 15 is 0 Å². The van der Waals surface area contributed by atoms with E-state index in [2.05, 4.69) is 10.6 Å². The Hall–Kier alpha value is -3.03. The summed E-state index contributed by atoms with van der Waals surface area (Å²) in [7, 11) is 0. The molecule has 1 aliphatic heterocycles. The van der Waals surface area contributed by atoms with Crippen LogP contribution in [0.5, 0.6) is 5.75 Å². The Labute approximate surface area is 134 Å². The molecule has 0 saturated carbocycles. The molecule has 0 saturated heterocycles. The van der Waals surface area contributed by atoms with Crippen molar-refractivity contribution in [3.8, 4) is 5.75 Å². The van der Waals surface area contributed by atoms with Gasteiger partial charge in [-0.05, 0) is 36.4 Å². The van der Waals surface area contributed by atoms with E-state index in [0.29, 0.717) is 17.1 Å². The first-order chi connectivity index (χ1) is 11.3. The highest BCUT2D eigenvalue weighted by molar-refractivity contribution is 6.05. The fourth-order valence-corrected chi connectivity index (χ4v) is 2.20. The van der Waals surface area contributed by atoms with Crippen LogP contribution < -0.4 is 15.4 Å². The van der Waals surface area contributed by atoms with Crippen molar-refractivity contribution in [3.63, 3.8) is 0 Å². The van der Waals surface area contributed by atoms with Gasteiger partial charge in [0.25, 0.3) is 11.8 Å². The molecule has 124 valence electrons. The first-order valence-electron chi connectivity index (χ1n) is 6.88. The molecule has 0 atom stereocenters. The third kappa shape index (κ3) is 3.32. The molecule has 0 aliphatic carbocycles. The summed E-state index contributed by atoms with van der Waals surface area (Å²) in [6.45, 7) is -0.0943. The smallest absolute Gasteiger partial charge is 0.416 e. The van der Waals surface area contributed by atoms with Gasteiger partial charge in [-0.1, -0.05) is 6.07 Å². The number of ether oxygens (including phenoxy) is 1. The molecule has 2 amide bonds. The normalized spacial score (nSPS) is 13.5. The third-order valence-electron chi connectivity index (χ3n) is 3.32. The number of carbonyl (C=O) groups is 2. The number of carbonyl (C=O) groups excluding carboxylic acids is 2. The standard InChI is InChI=1S/C16H11F3N2O3/c17-16(18,19)10-3-1-2-9(6-10)15(23)20-11-4-5-13-12(7-11)21-14(22)8-24-13/h1-7H,8H2,(H,20,23)(H,21,22). The van der Waals surface area contributed by atoms with Crippen LogP contribution in [0.4, 0.5) is 24.5 Å². The molecular weight excluding hydrogens is 325 g/mol. The van der Waals surface area contributed by atoms with Crippen LogP contribution in [-0.4, -0.2) is 18.4 Å². The van der Waals surface area contributed by atoms with Gasteiger partial charge < -0.3 is 15.4 Å². The summed E-state index contributed by atoms with van der Waals surface area (Å²) in [5.41, 5.74) is -0.320. The summed E-state index contributed by atoms with van der Waals surface area (Å²) < 4.78 is 43.3. The van der Waals surface area contributed by atoms with Gasteiger partial charge in [0, 0.05) is 11.3 Å². The zero-order valence-electron chi connectivity index (χ0n) is 12.1. The van der Waals surface area contributed by atoms with E-state index in [1.807, 2.05) is 0 Å². The lowest BCUT2D eigenvalue weighted by Gasteiger charge is -2.18. The number of alkyl halides is 3. The van der Waals surface area contributed by atoms with Crippen molar-refractivity contribution in [2.75, 3.05) is 17.2 Å². The zero-order chi connectivity index (χ0) is 17.3. The number of rotatable bonds is 2. The van der Waals surface area contributed by atoms with Gasteiger partial charge in [-0.3, -0.25) is 9.59 Å². The molecule has 2 aromatic rings. The van der Waals surface area contributed by atoms with E-state index < -0.39 is 17.6 Å². The highest BCUT2D eigenvalue weighted by Crippen LogP contribution is 2.31. The Morgan fingerprint density at radius 1 is 1.17 bits per heavy atom. The van der Waals surface area contributed by atoms with Crippen LogP contribution in [0.15, 0.2) is 42.5 Å². The van der Waals surface area contributed by atoms with Gasteiger partial charge in [0.15, 0.2) is 6.61 Å². The second kappa shape index (κ2) is 5.88. The Morgan fingerprint density at radius 2 is 1.96 bits per heavy atom. The van der Waals surface area contributed by atoms with Crippen LogP contribution in [0.2, 0.25) is 0 Å². The zero-order valence-corrected chi connectivity index (χ0v) is 12.1. The van der Waals surface area contributed by atoms with Crippen LogP contribution >= 0.6 is 0 Å². The van der Waals surface area contributed by atoms with Crippen molar-refractivity contribution < 1.29 is 27.5 Å². The molecule has 0 unspecified atom stereocenters. The van der Waals surface area contributed by atoms with Gasteiger partial charge in [-0.15, -0.1) is 0 Å². The summed E-state index contributed by atoms with van der Waals surface area (Å²) in [5, 5.41) is 5.07. The Balaban J connectivity index is 1.80. The summed E-state index contributed by atoms with van der Waals surface area (Å²) in [5.74, 6) is -0.570. The first-order valence-corrected chi connectivity index (χ1v) is 6.88. The number of hydrogen-bond acceptors (Lipinski definition) is 3. The number of fused-ring (bicyclic) bond motifs is 1. The van der Waals surface area contributed by atoms with Gasteiger partial charge >= 0.3 is 6.18 Å². The number of nitrogens with one attached hydrogen (secondary N) is 2. The summed E-state index contributed by atoms with van der Waals surface area (Å²) in [6, 6.07) is 8.67. The van der Waals surface area contributed by atoms with E-state index in [-0.39, 0.29) is 18.1 Å². The molecule has 0 spiro atoms. The van der Waals surface area contributed by atoms with E-state index in [0.717, 1.165) is 12.1 Å². The largest absolute Gasteiger partial charge is 0.482 e. The molecule has 8 heteroatoms. The minimum atomic E-state index is -4.52. The second-order valence-corrected chi connectivity index (χ2v) is 5.08. The molecule has 3 rings (SSSR count). The molecule has 1 heterocycles. The van der Waals surface area contributed by atoms with Crippen molar-refractivity contribution in [2.45, 2.75) is 6.18 Å². The summed E-state index contributed by atoms with van der Waals surface area (Å²) >= 11 is 0.